The van der Waals surface area contributed by atoms with E-state index in [9.17, 15) is 18.8 Å². The monoisotopic (exact) mass is 381 g/mol. The van der Waals surface area contributed by atoms with Crippen LogP contribution >= 0.6 is 0 Å². The van der Waals surface area contributed by atoms with Crippen molar-refractivity contribution in [1.82, 2.24) is 10.2 Å². The molecule has 0 radical (unpaired) electrons. The summed E-state index contributed by atoms with van der Waals surface area (Å²) in [6.45, 7) is 1.21. The molecule has 0 bridgehead atoms. The van der Waals surface area contributed by atoms with E-state index >= 15 is 0 Å². The molecule has 1 fully saturated rings. The summed E-state index contributed by atoms with van der Waals surface area (Å²) in [7, 11) is 0. The van der Waals surface area contributed by atoms with Crippen LogP contribution in [0.2, 0.25) is 0 Å². The van der Waals surface area contributed by atoms with Gasteiger partial charge in [0.15, 0.2) is 0 Å². The third-order valence-electron chi connectivity index (χ3n) is 5.43. The number of hydrogen-bond donors (Lipinski definition) is 2. The second kappa shape index (κ2) is 6.74. The third kappa shape index (κ3) is 3.13. The smallest absolute Gasteiger partial charge is 0.324 e. The van der Waals surface area contributed by atoms with Gasteiger partial charge >= 0.3 is 6.03 Å². The lowest BCUT2D eigenvalue weighted by Gasteiger charge is -2.32. The Morgan fingerprint density at radius 2 is 1.96 bits per heavy atom. The van der Waals surface area contributed by atoms with Crippen LogP contribution in [0, 0.1) is 12.7 Å². The predicted molar refractivity (Wildman–Crippen MR) is 101 cm³/mol. The summed E-state index contributed by atoms with van der Waals surface area (Å²) >= 11 is 0. The van der Waals surface area contributed by atoms with Crippen molar-refractivity contribution in [2.45, 2.75) is 31.7 Å². The SMILES string of the molecule is Cc1ccc(NC(=O)CN2C(=O)NC3(CCc4ccccc4C3)C2=O)cc1F. The molecule has 1 unspecified atom stereocenters. The first-order valence-electron chi connectivity index (χ1n) is 9.15. The third-order valence-corrected chi connectivity index (χ3v) is 5.43. The Morgan fingerprint density at radius 1 is 1.21 bits per heavy atom. The average molecular weight is 381 g/mol. The van der Waals surface area contributed by atoms with Gasteiger partial charge in [-0.05, 0) is 48.6 Å². The molecule has 28 heavy (non-hydrogen) atoms. The highest BCUT2D eigenvalue weighted by Crippen LogP contribution is 2.33. The summed E-state index contributed by atoms with van der Waals surface area (Å²) in [4.78, 5) is 38.7. The molecular formula is C21H20FN3O3. The Bertz CT molecular complexity index is 991. The van der Waals surface area contributed by atoms with Gasteiger partial charge in [-0.1, -0.05) is 30.3 Å². The number of halogens is 1. The van der Waals surface area contributed by atoms with Crippen LogP contribution in [0.3, 0.4) is 0 Å². The van der Waals surface area contributed by atoms with Gasteiger partial charge in [-0.25, -0.2) is 9.18 Å². The number of fused-ring (bicyclic) bond motifs is 1. The molecule has 1 atom stereocenters. The Balaban J connectivity index is 1.47. The highest BCUT2D eigenvalue weighted by Gasteiger charge is 2.52. The molecule has 144 valence electrons. The van der Waals surface area contributed by atoms with E-state index in [1.807, 2.05) is 24.3 Å². The molecule has 7 heteroatoms. The first-order chi connectivity index (χ1) is 13.4. The standard InChI is InChI=1S/C21H20FN3O3/c1-13-6-7-16(10-17(13)22)23-18(26)12-25-19(27)21(24-20(25)28)9-8-14-4-2-3-5-15(14)11-21/h2-7,10H,8-9,11-12H2,1H3,(H,23,26)(H,24,28). The number of carbonyl (C=O) groups excluding carboxylic acids is 3. The molecular weight excluding hydrogens is 361 g/mol. The van der Waals surface area contributed by atoms with E-state index in [-0.39, 0.29) is 5.69 Å². The van der Waals surface area contributed by atoms with Crippen LogP contribution in [0.4, 0.5) is 14.9 Å². The fourth-order valence-corrected chi connectivity index (χ4v) is 3.86. The molecule has 2 aromatic rings. The van der Waals surface area contributed by atoms with Gasteiger partial charge in [0.1, 0.15) is 17.9 Å². The summed E-state index contributed by atoms with van der Waals surface area (Å²) < 4.78 is 13.6. The summed E-state index contributed by atoms with van der Waals surface area (Å²) in [6, 6.07) is 11.6. The summed E-state index contributed by atoms with van der Waals surface area (Å²) in [5.41, 5.74) is 1.95. The average Bonchev–Trinajstić information content (AvgIpc) is 2.88. The number of nitrogens with zero attached hydrogens (tertiary/aromatic N) is 1. The molecule has 6 nitrogen and oxygen atoms in total. The van der Waals surface area contributed by atoms with Crippen molar-refractivity contribution in [3.05, 3.63) is 65.0 Å². The number of carbonyl (C=O) groups is 3. The number of nitrogens with one attached hydrogen (secondary N) is 2. The van der Waals surface area contributed by atoms with Gasteiger partial charge < -0.3 is 10.6 Å². The van der Waals surface area contributed by atoms with Crippen LogP contribution in [0.15, 0.2) is 42.5 Å². The second-order valence-electron chi connectivity index (χ2n) is 7.36. The van der Waals surface area contributed by atoms with Crippen LogP contribution in [-0.4, -0.2) is 34.8 Å². The van der Waals surface area contributed by atoms with E-state index in [4.69, 9.17) is 0 Å². The lowest BCUT2D eigenvalue weighted by Crippen LogP contribution is -2.51. The minimum absolute atomic E-state index is 0.279. The van der Waals surface area contributed by atoms with E-state index in [0.717, 1.165) is 10.5 Å². The number of aryl methyl sites for hydroxylation is 2. The molecule has 1 spiro atoms. The summed E-state index contributed by atoms with van der Waals surface area (Å²) in [5, 5.41) is 5.33. The number of rotatable bonds is 3. The molecule has 2 N–H and O–H groups in total. The zero-order valence-electron chi connectivity index (χ0n) is 15.4. The van der Waals surface area contributed by atoms with Crippen LogP contribution in [0.5, 0.6) is 0 Å². The van der Waals surface area contributed by atoms with E-state index in [0.29, 0.717) is 24.8 Å². The molecule has 1 saturated heterocycles. The quantitative estimate of drug-likeness (QED) is 0.802. The fraction of sp³-hybridized carbons (Fsp3) is 0.286. The van der Waals surface area contributed by atoms with Gasteiger partial charge in [0.05, 0.1) is 0 Å². The molecule has 4 amide bonds. The van der Waals surface area contributed by atoms with Gasteiger partial charge in [-0.2, -0.15) is 0 Å². The van der Waals surface area contributed by atoms with Crippen molar-refractivity contribution in [3.63, 3.8) is 0 Å². The largest absolute Gasteiger partial charge is 0.325 e. The molecule has 1 aliphatic heterocycles. The topological polar surface area (TPSA) is 78.5 Å². The highest BCUT2D eigenvalue weighted by molar-refractivity contribution is 6.10. The summed E-state index contributed by atoms with van der Waals surface area (Å²) in [6.07, 6.45) is 1.59. The second-order valence-corrected chi connectivity index (χ2v) is 7.36. The van der Waals surface area contributed by atoms with Crippen LogP contribution < -0.4 is 10.6 Å². The Morgan fingerprint density at radius 3 is 2.71 bits per heavy atom. The molecule has 0 saturated carbocycles. The maximum Gasteiger partial charge on any atom is 0.325 e. The van der Waals surface area contributed by atoms with Gasteiger partial charge in [-0.3, -0.25) is 14.5 Å². The number of anilines is 1. The number of urea groups is 1. The molecule has 1 aliphatic carbocycles. The Labute approximate surface area is 161 Å². The predicted octanol–water partition coefficient (Wildman–Crippen LogP) is 2.55. The lowest BCUT2D eigenvalue weighted by atomic mass is 9.78. The highest BCUT2D eigenvalue weighted by atomic mass is 19.1. The lowest BCUT2D eigenvalue weighted by molar-refractivity contribution is -0.134. The molecule has 2 aromatic carbocycles. The molecule has 2 aliphatic rings. The van der Waals surface area contributed by atoms with Crippen molar-refractivity contribution in [2.75, 3.05) is 11.9 Å². The van der Waals surface area contributed by atoms with Crippen LogP contribution in [-0.2, 0) is 22.4 Å². The molecule has 0 aromatic heterocycles. The van der Waals surface area contributed by atoms with Crippen molar-refractivity contribution in [1.29, 1.82) is 0 Å². The van der Waals surface area contributed by atoms with Crippen molar-refractivity contribution in [2.24, 2.45) is 0 Å². The zero-order valence-corrected chi connectivity index (χ0v) is 15.4. The van der Waals surface area contributed by atoms with Gasteiger partial charge in [0.25, 0.3) is 5.91 Å². The van der Waals surface area contributed by atoms with Crippen molar-refractivity contribution < 1.29 is 18.8 Å². The van der Waals surface area contributed by atoms with Gasteiger partial charge in [-0.15, -0.1) is 0 Å². The van der Waals surface area contributed by atoms with E-state index in [1.54, 1.807) is 19.1 Å². The van der Waals surface area contributed by atoms with Crippen molar-refractivity contribution in [3.8, 4) is 0 Å². The van der Waals surface area contributed by atoms with Crippen LogP contribution in [0.25, 0.3) is 0 Å². The molecule has 4 rings (SSSR count). The normalized spacial score (nSPS) is 20.9. The number of amides is 4. The van der Waals surface area contributed by atoms with E-state index < -0.39 is 35.7 Å². The van der Waals surface area contributed by atoms with Crippen LogP contribution in [0.1, 0.15) is 23.1 Å². The number of benzene rings is 2. The zero-order chi connectivity index (χ0) is 19.9. The van der Waals surface area contributed by atoms with Crippen molar-refractivity contribution >= 4 is 23.5 Å². The van der Waals surface area contributed by atoms with E-state index in [1.165, 1.54) is 11.6 Å². The summed E-state index contributed by atoms with van der Waals surface area (Å²) in [5.74, 6) is -1.38. The van der Waals surface area contributed by atoms with E-state index in [2.05, 4.69) is 10.6 Å². The minimum atomic E-state index is -0.998. The first kappa shape index (κ1) is 18.2. The maximum absolute atomic E-state index is 13.6. The Hall–Kier alpha value is -3.22. The van der Waals surface area contributed by atoms with Gasteiger partial charge in [0, 0.05) is 12.1 Å². The Kier molecular flexibility index (Phi) is 4.37. The minimum Gasteiger partial charge on any atom is -0.324 e. The fourth-order valence-electron chi connectivity index (χ4n) is 3.86. The first-order valence-corrected chi connectivity index (χ1v) is 9.15. The molecule has 1 heterocycles. The number of hydrogen-bond acceptors (Lipinski definition) is 3. The number of imide groups is 1. The van der Waals surface area contributed by atoms with Gasteiger partial charge in [0.2, 0.25) is 5.91 Å². The maximum atomic E-state index is 13.6.